The predicted molar refractivity (Wildman–Crippen MR) is 120 cm³/mol. The highest BCUT2D eigenvalue weighted by molar-refractivity contribution is 6.09. The Labute approximate surface area is 187 Å². The van der Waals surface area contributed by atoms with E-state index in [0.29, 0.717) is 0 Å². The van der Waals surface area contributed by atoms with Crippen LogP contribution >= 0.6 is 0 Å². The molecule has 9 heteroatoms. The van der Waals surface area contributed by atoms with Gasteiger partial charge in [0.1, 0.15) is 12.1 Å². The molecule has 2 aliphatic heterocycles. The maximum absolute atomic E-state index is 12.6. The van der Waals surface area contributed by atoms with Crippen LogP contribution in [0.4, 0.5) is 16.2 Å². The molecule has 0 radical (unpaired) electrons. The summed E-state index contributed by atoms with van der Waals surface area (Å²) in [4.78, 5) is 53.0. The van der Waals surface area contributed by atoms with Gasteiger partial charge in [-0.2, -0.15) is 0 Å². The van der Waals surface area contributed by atoms with Gasteiger partial charge in [-0.1, -0.05) is 6.07 Å². The lowest BCUT2D eigenvalue weighted by Gasteiger charge is -2.21. The Kier molecular flexibility index (Phi) is 6.08. The van der Waals surface area contributed by atoms with E-state index in [1.807, 2.05) is 24.3 Å². The molecule has 2 atom stereocenters. The van der Waals surface area contributed by atoms with Crippen LogP contribution in [-0.4, -0.2) is 59.9 Å². The first-order chi connectivity index (χ1) is 15.3. The minimum absolute atomic E-state index is 0.0830. The molecule has 0 aromatic heterocycles. The third kappa shape index (κ3) is 4.71. The number of nitrogens with zero attached hydrogens (tertiary/aromatic N) is 2. The Morgan fingerprint density at radius 1 is 1.19 bits per heavy atom. The lowest BCUT2D eigenvalue weighted by Crippen LogP contribution is -2.47. The van der Waals surface area contributed by atoms with Crippen LogP contribution in [0.2, 0.25) is 0 Å². The van der Waals surface area contributed by atoms with Crippen molar-refractivity contribution in [1.82, 2.24) is 15.5 Å². The highest BCUT2D eigenvalue weighted by Gasteiger charge is 2.56. The first-order valence-electron chi connectivity index (χ1n) is 11.3. The molecule has 2 saturated heterocycles. The van der Waals surface area contributed by atoms with Gasteiger partial charge >= 0.3 is 6.03 Å². The standard InChI is InChI=1S/C23H31N5O4/c1-15(12-19(29)25-17-6-5-7-18(13-17)27-10-3-4-11-27)24-20(30)14-28-21(31)23(2,16-8-9-16)26-22(28)32/h5-7,13,15-16H,3-4,8-12,14H2,1-2H3,(H,24,30)(H,25,29)(H,26,32). The number of hydrogen-bond acceptors (Lipinski definition) is 5. The molecule has 3 N–H and O–H groups in total. The van der Waals surface area contributed by atoms with Gasteiger partial charge < -0.3 is 20.9 Å². The number of benzene rings is 1. The van der Waals surface area contributed by atoms with Gasteiger partial charge in [-0.3, -0.25) is 19.3 Å². The first kappa shape index (κ1) is 22.1. The third-order valence-corrected chi connectivity index (χ3v) is 6.50. The fraction of sp³-hybridized carbons (Fsp3) is 0.565. The molecule has 1 aromatic carbocycles. The van der Waals surface area contributed by atoms with Crippen molar-refractivity contribution >= 4 is 35.1 Å². The smallest absolute Gasteiger partial charge is 0.325 e. The summed E-state index contributed by atoms with van der Waals surface area (Å²) in [6.45, 7) is 5.14. The van der Waals surface area contributed by atoms with Crippen LogP contribution in [0.15, 0.2) is 24.3 Å². The summed E-state index contributed by atoms with van der Waals surface area (Å²) in [5.41, 5.74) is 0.900. The molecule has 1 saturated carbocycles. The van der Waals surface area contributed by atoms with Crippen molar-refractivity contribution in [1.29, 1.82) is 0 Å². The Morgan fingerprint density at radius 2 is 1.91 bits per heavy atom. The minimum atomic E-state index is -0.910. The second kappa shape index (κ2) is 8.80. The highest BCUT2D eigenvalue weighted by Crippen LogP contribution is 2.42. The van der Waals surface area contributed by atoms with Crippen LogP contribution in [0.1, 0.15) is 46.0 Å². The molecule has 3 fully saturated rings. The molecule has 9 nitrogen and oxygen atoms in total. The Hall–Kier alpha value is -3.10. The van der Waals surface area contributed by atoms with Crippen LogP contribution in [0.25, 0.3) is 0 Å². The van der Waals surface area contributed by atoms with E-state index in [4.69, 9.17) is 0 Å². The van der Waals surface area contributed by atoms with Crippen LogP contribution < -0.4 is 20.9 Å². The lowest BCUT2D eigenvalue weighted by molar-refractivity contribution is -0.135. The second-order valence-electron chi connectivity index (χ2n) is 9.26. The molecular formula is C23H31N5O4. The van der Waals surface area contributed by atoms with Gasteiger partial charge in [0.2, 0.25) is 11.8 Å². The molecular weight excluding hydrogens is 410 g/mol. The summed E-state index contributed by atoms with van der Waals surface area (Å²) in [5, 5.41) is 8.32. The molecule has 2 unspecified atom stereocenters. The molecule has 172 valence electrons. The van der Waals surface area contributed by atoms with Crippen molar-refractivity contribution in [3.05, 3.63) is 24.3 Å². The molecule has 4 rings (SSSR count). The summed E-state index contributed by atoms with van der Waals surface area (Å²) in [5.74, 6) is -0.903. The molecule has 5 amide bonds. The lowest BCUT2D eigenvalue weighted by atomic mass is 9.96. The van der Waals surface area contributed by atoms with E-state index in [0.717, 1.165) is 42.2 Å². The first-order valence-corrected chi connectivity index (χ1v) is 11.3. The van der Waals surface area contributed by atoms with Crippen molar-refractivity contribution in [2.24, 2.45) is 5.92 Å². The zero-order chi connectivity index (χ0) is 22.9. The van der Waals surface area contributed by atoms with Gasteiger partial charge in [-0.05, 0) is 63.6 Å². The van der Waals surface area contributed by atoms with Gasteiger partial charge in [0.15, 0.2) is 0 Å². The Balaban J connectivity index is 1.25. The van der Waals surface area contributed by atoms with E-state index in [1.54, 1.807) is 13.8 Å². The number of carbonyl (C=O) groups is 4. The van der Waals surface area contributed by atoms with Crippen molar-refractivity contribution in [2.75, 3.05) is 29.9 Å². The third-order valence-electron chi connectivity index (χ3n) is 6.50. The molecule has 0 spiro atoms. The zero-order valence-electron chi connectivity index (χ0n) is 18.6. The average Bonchev–Trinajstić information content (AvgIpc) is 3.41. The molecule has 1 aromatic rings. The molecule has 0 bridgehead atoms. The fourth-order valence-electron chi connectivity index (χ4n) is 4.56. The number of rotatable bonds is 8. The topological polar surface area (TPSA) is 111 Å². The predicted octanol–water partition coefficient (Wildman–Crippen LogP) is 1.84. The van der Waals surface area contributed by atoms with E-state index in [9.17, 15) is 19.2 Å². The maximum atomic E-state index is 12.6. The summed E-state index contributed by atoms with van der Waals surface area (Å²) in [7, 11) is 0. The number of hydrogen-bond donors (Lipinski definition) is 3. The van der Waals surface area contributed by atoms with Gasteiger partial charge in [0, 0.05) is 36.9 Å². The van der Waals surface area contributed by atoms with Crippen LogP contribution in [0.5, 0.6) is 0 Å². The van der Waals surface area contributed by atoms with Crippen LogP contribution in [-0.2, 0) is 14.4 Å². The number of urea groups is 1. The van der Waals surface area contributed by atoms with Gasteiger partial charge in [-0.15, -0.1) is 0 Å². The van der Waals surface area contributed by atoms with E-state index in [-0.39, 0.29) is 30.7 Å². The molecule has 2 heterocycles. The van der Waals surface area contributed by atoms with Crippen molar-refractivity contribution in [3.63, 3.8) is 0 Å². The van der Waals surface area contributed by atoms with Crippen LogP contribution in [0, 0.1) is 5.92 Å². The Bertz CT molecular complexity index is 925. The van der Waals surface area contributed by atoms with Crippen LogP contribution in [0.3, 0.4) is 0 Å². The van der Waals surface area contributed by atoms with Gasteiger partial charge in [0.25, 0.3) is 5.91 Å². The van der Waals surface area contributed by atoms with Gasteiger partial charge in [0.05, 0.1) is 0 Å². The zero-order valence-corrected chi connectivity index (χ0v) is 18.6. The van der Waals surface area contributed by atoms with Gasteiger partial charge in [-0.25, -0.2) is 4.79 Å². The summed E-state index contributed by atoms with van der Waals surface area (Å²) >= 11 is 0. The average molecular weight is 442 g/mol. The normalized spacial score (nSPS) is 23.8. The molecule has 3 aliphatic rings. The largest absolute Gasteiger partial charge is 0.371 e. The monoisotopic (exact) mass is 441 g/mol. The van der Waals surface area contributed by atoms with E-state index < -0.39 is 23.5 Å². The quantitative estimate of drug-likeness (QED) is 0.533. The van der Waals surface area contributed by atoms with Crippen molar-refractivity contribution in [3.8, 4) is 0 Å². The summed E-state index contributed by atoms with van der Waals surface area (Å²) in [6.07, 6.45) is 4.24. The second-order valence-corrected chi connectivity index (χ2v) is 9.26. The van der Waals surface area contributed by atoms with Crippen molar-refractivity contribution < 1.29 is 19.2 Å². The molecule has 1 aliphatic carbocycles. The number of anilines is 2. The van der Waals surface area contributed by atoms with E-state index in [1.165, 1.54) is 12.8 Å². The number of imide groups is 1. The van der Waals surface area contributed by atoms with Crippen molar-refractivity contribution in [2.45, 2.75) is 57.5 Å². The maximum Gasteiger partial charge on any atom is 0.325 e. The molecule has 32 heavy (non-hydrogen) atoms. The highest BCUT2D eigenvalue weighted by atomic mass is 16.2. The van der Waals surface area contributed by atoms with E-state index >= 15 is 0 Å². The number of amides is 5. The number of nitrogens with one attached hydrogen (secondary N) is 3. The SMILES string of the molecule is CC(CC(=O)Nc1cccc(N2CCCC2)c1)NC(=O)CN1C(=O)NC(C)(C2CC2)C1=O. The summed E-state index contributed by atoms with van der Waals surface area (Å²) < 4.78 is 0. The van der Waals surface area contributed by atoms with E-state index in [2.05, 4.69) is 20.9 Å². The Morgan fingerprint density at radius 3 is 2.59 bits per heavy atom. The number of carbonyl (C=O) groups excluding carboxylic acids is 4. The minimum Gasteiger partial charge on any atom is -0.371 e. The summed E-state index contributed by atoms with van der Waals surface area (Å²) in [6, 6.07) is 6.77. The fourth-order valence-corrected chi connectivity index (χ4v) is 4.56.